The Bertz CT molecular complexity index is 589. The van der Waals surface area contributed by atoms with Crippen molar-refractivity contribution in [3.8, 4) is 0 Å². The van der Waals surface area contributed by atoms with Gasteiger partial charge in [-0.2, -0.15) is 0 Å². The van der Waals surface area contributed by atoms with Crippen LogP contribution in [0.25, 0.3) is 6.08 Å². The molecule has 112 valence electrons. The Labute approximate surface area is 131 Å². The van der Waals surface area contributed by atoms with E-state index in [-0.39, 0.29) is 11.8 Å². The summed E-state index contributed by atoms with van der Waals surface area (Å²) >= 11 is 3.26. The summed E-state index contributed by atoms with van der Waals surface area (Å²) in [4.78, 5) is 25.4. The maximum absolute atomic E-state index is 13.6. The van der Waals surface area contributed by atoms with Crippen LogP contribution < -0.4 is 5.32 Å². The van der Waals surface area contributed by atoms with Crippen LogP contribution in [0.4, 0.5) is 4.39 Å². The first kappa shape index (κ1) is 15.7. The van der Waals surface area contributed by atoms with E-state index in [1.807, 2.05) is 6.92 Å². The summed E-state index contributed by atoms with van der Waals surface area (Å²) in [6.07, 6.45) is 3.30. The molecule has 2 rings (SSSR count). The van der Waals surface area contributed by atoms with Crippen molar-refractivity contribution in [3.05, 3.63) is 40.1 Å². The fourth-order valence-corrected chi connectivity index (χ4v) is 2.66. The first-order valence-electron chi connectivity index (χ1n) is 6.74. The van der Waals surface area contributed by atoms with Gasteiger partial charge in [0, 0.05) is 29.2 Å². The Morgan fingerprint density at radius 2 is 2.33 bits per heavy atom. The Hall–Kier alpha value is -1.69. The molecular formula is C15H16BrFN2O2. The Morgan fingerprint density at radius 3 is 3.05 bits per heavy atom. The SMILES string of the molecule is CCC1C(=O)NCCN1C(=O)/C=C/c1cc(Br)ccc1F. The van der Waals surface area contributed by atoms with Gasteiger partial charge in [-0.3, -0.25) is 9.59 Å². The van der Waals surface area contributed by atoms with Crippen molar-refractivity contribution >= 4 is 33.8 Å². The molecule has 4 nitrogen and oxygen atoms in total. The van der Waals surface area contributed by atoms with Gasteiger partial charge in [0.2, 0.25) is 11.8 Å². The first-order valence-corrected chi connectivity index (χ1v) is 7.53. The minimum atomic E-state index is -0.455. The van der Waals surface area contributed by atoms with Gasteiger partial charge in [-0.1, -0.05) is 22.9 Å². The quantitative estimate of drug-likeness (QED) is 0.847. The number of nitrogens with zero attached hydrogens (tertiary/aromatic N) is 1. The second-order valence-corrected chi connectivity index (χ2v) is 5.66. The summed E-state index contributed by atoms with van der Waals surface area (Å²) in [5, 5.41) is 2.74. The van der Waals surface area contributed by atoms with Gasteiger partial charge >= 0.3 is 0 Å². The number of benzene rings is 1. The van der Waals surface area contributed by atoms with Crippen molar-refractivity contribution in [2.75, 3.05) is 13.1 Å². The number of hydrogen-bond donors (Lipinski definition) is 1. The smallest absolute Gasteiger partial charge is 0.247 e. The average Bonchev–Trinajstić information content (AvgIpc) is 2.47. The molecule has 1 saturated heterocycles. The molecule has 1 fully saturated rings. The predicted molar refractivity (Wildman–Crippen MR) is 81.9 cm³/mol. The van der Waals surface area contributed by atoms with Gasteiger partial charge in [-0.15, -0.1) is 0 Å². The van der Waals surface area contributed by atoms with Crippen molar-refractivity contribution in [2.24, 2.45) is 0 Å². The summed E-state index contributed by atoms with van der Waals surface area (Å²) < 4.78 is 14.3. The third kappa shape index (κ3) is 3.69. The third-order valence-corrected chi connectivity index (χ3v) is 3.86. The molecule has 0 saturated carbocycles. The van der Waals surface area contributed by atoms with E-state index in [9.17, 15) is 14.0 Å². The Morgan fingerprint density at radius 1 is 1.57 bits per heavy atom. The fraction of sp³-hybridized carbons (Fsp3) is 0.333. The summed E-state index contributed by atoms with van der Waals surface area (Å²) in [6.45, 7) is 2.77. The Balaban J connectivity index is 2.14. The van der Waals surface area contributed by atoms with Crippen LogP contribution >= 0.6 is 15.9 Å². The lowest BCUT2D eigenvalue weighted by atomic mass is 10.1. The van der Waals surface area contributed by atoms with E-state index in [1.54, 1.807) is 12.1 Å². The normalized spacial score (nSPS) is 18.9. The number of piperazine rings is 1. The third-order valence-electron chi connectivity index (χ3n) is 3.36. The van der Waals surface area contributed by atoms with E-state index in [2.05, 4.69) is 21.2 Å². The first-order chi connectivity index (χ1) is 10.0. The van der Waals surface area contributed by atoms with Gasteiger partial charge in [0.25, 0.3) is 0 Å². The predicted octanol–water partition coefficient (Wildman–Crippen LogP) is 2.34. The minimum absolute atomic E-state index is 0.140. The Kier molecular flexibility index (Phi) is 5.12. The summed E-state index contributed by atoms with van der Waals surface area (Å²) in [5.74, 6) is -0.819. The highest BCUT2D eigenvalue weighted by Crippen LogP contribution is 2.17. The average molecular weight is 355 g/mol. The van der Waals surface area contributed by atoms with Crippen LogP contribution in [0.3, 0.4) is 0 Å². The molecule has 1 unspecified atom stereocenters. The fourth-order valence-electron chi connectivity index (χ4n) is 2.28. The molecule has 1 N–H and O–H groups in total. The molecule has 1 aromatic rings. The van der Waals surface area contributed by atoms with Crippen molar-refractivity contribution in [1.82, 2.24) is 10.2 Å². The molecular weight excluding hydrogens is 339 g/mol. The molecule has 0 spiro atoms. The number of carbonyl (C=O) groups is 2. The minimum Gasteiger partial charge on any atom is -0.353 e. The van der Waals surface area contributed by atoms with E-state index in [0.717, 1.165) is 4.47 Å². The number of rotatable bonds is 3. The van der Waals surface area contributed by atoms with Crippen LogP contribution in [-0.4, -0.2) is 35.8 Å². The summed E-state index contributed by atoms with van der Waals surface area (Å²) in [7, 11) is 0. The summed E-state index contributed by atoms with van der Waals surface area (Å²) in [5.41, 5.74) is 0.326. The topological polar surface area (TPSA) is 49.4 Å². The molecule has 0 aliphatic carbocycles. The maximum atomic E-state index is 13.6. The molecule has 2 amide bonds. The highest BCUT2D eigenvalue weighted by Gasteiger charge is 2.30. The molecule has 6 heteroatoms. The monoisotopic (exact) mass is 354 g/mol. The number of nitrogens with one attached hydrogen (secondary N) is 1. The number of hydrogen-bond acceptors (Lipinski definition) is 2. The van der Waals surface area contributed by atoms with Crippen LogP contribution in [0, 0.1) is 5.82 Å². The highest BCUT2D eigenvalue weighted by atomic mass is 79.9. The lowest BCUT2D eigenvalue weighted by Gasteiger charge is -2.33. The van der Waals surface area contributed by atoms with Crippen molar-refractivity contribution < 1.29 is 14.0 Å². The van der Waals surface area contributed by atoms with Crippen molar-refractivity contribution in [3.63, 3.8) is 0 Å². The van der Waals surface area contributed by atoms with E-state index in [0.29, 0.717) is 25.1 Å². The molecule has 1 aromatic carbocycles. The second-order valence-electron chi connectivity index (χ2n) is 4.75. The maximum Gasteiger partial charge on any atom is 0.247 e. The molecule has 0 radical (unpaired) electrons. The van der Waals surface area contributed by atoms with Gasteiger partial charge < -0.3 is 10.2 Å². The standard InChI is InChI=1S/C15H16BrFN2O2/c1-2-13-15(21)18-7-8-19(13)14(20)6-3-10-9-11(16)4-5-12(10)17/h3-6,9,13H,2,7-8H2,1H3,(H,18,21)/b6-3+. The van der Waals surface area contributed by atoms with E-state index in [1.165, 1.54) is 23.1 Å². The zero-order chi connectivity index (χ0) is 15.4. The van der Waals surface area contributed by atoms with Gasteiger partial charge in [0.1, 0.15) is 11.9 Å². The molecule has 1 aliphatic heterocycles. The largest absolute Gasteiger partial charge is 0.353 e. The molecule has 1 atom stereocenters. The molecule has 0 aromatic heterocycles. The zero-order valence-electron chi connectivity index (χ0n) is 11.6. The van der Waals surface area contributed by atoms with E-state index < -0.39 is 11.9 Å². The number of halogens is 2. The van der Waals surface area contributed by atoms with Gasteiger partial charge in [0.15, 0.2) is 0 Å². The van der Waals surface area contributed by atoms with Crippen LogP contribution in [-0.2, 0) is 9.59 Å². The van der Waals surface area contributed by atoms with Crippen molar-refractivity contribution in [1.29, 1.82) is 0 Å². The van der Waals surface area contributed by atoms with E-state index >= 15 is 0 Å². The highest BCUT2D eigenvalue weighted by molar-refractivity contribution is 9.10. The van der Waals surface area contributed by atoms with Crippen LogP contribution in [0.2, 0.25) is 0 Å². The van der Waals surface area contributed by atoms with E-state index in [4.69, 9.17) is 0 Å². The van der Waals surface area contributed by atoms with Gasteiger partial charge in [-0.25, -0.2) is 4.39 Å². The number of carbonyl (C=O) groups excluding carboxylic acids is 2. The zero-order valence-corrected chi connectivity index (χ0v) is 13.2. The van der Waals surface area contributed by atoms with Gasteiger partial charge in [-0.05, 0) is 30.7 Å². The van der Waals surface area contributed by atoms with Crippen molar-refractivity contribution in [2.45, 2.75) is 19.4 Å². The number of amides is 2. The molecule has 1 heterocycles. The van der Waals surface area contributed by atoms with Crippen LogP contribution in [0.5, 0.6) is 0 Å². The molecule has 1 aliphatic rings. The lowest BCUT2D eigenvalue weighted by Crippen LogP contribution is -2.56. The summed E-state index contributed by atoms with van der Waals surface area (Å²) in [6, 6.07) is 4.07. The van der Waals surface area contributed by atoms with Gasteiger partial charge in [0.05, 0.1) is 0 Å². The lowest BCUT2D eigenvalue weighted by molar-refractivity contribution is -0.140. The second kappa shape index (κ2) is 6.85. The van der Waals surface area contributed by atoms with Crippen LogP contribution in [0.15, 0.2) is 28.7 Å². The van der Waals surface area contributed by atoms with Crippen LogP contribution in [0.1, 0.15) is 18.9 Å². The molecule has 0 bridgehead atoms. The molecule has 21 heavy (non-hydrogen) atoms.